The quantitative estimate of drug-likeness (QED) is 0.0398. The molecule has 0 bridgehead atoms. The number of amides is 1. The zero-order valence-electron chi connectivity index (χ0n) is 69.2. The normalized spacial score (nSPS) is 19.5. The molecule has 3 N–H and O–H groups in total. The number of ether oxygens (including phenoxy) is 1. The standard InChI is InChI=1S/C27H32ClN3O3S.C24H26F3N3O2S2.C22H26N4O2.C19H20N2O.CH4/c1-17(2)16-35(33,34)29-24-12-13-26(32)31(27(24)20-6-8-21(28)9-7-20)22-10-11-23-18(3)14-19(4)30(5)25(23)15-22;1-4-30-13-18(15-6-5-14(2)19(11-15)24(25,26)27)21-17(23(30)31)12-20(33-21)22(28)29-16-7-9-34(3,32)10-8-16;1-15-11-20(26-6-4-23-22(26)12-15)18-14-19(16(2)27)25-5-3-17(13-21(18)25)24-7-9-28-10-8-24;1-20(2)12-14-8-10-15(11-9-14)18-13-21(3)19(22)17-7-5-4-6-16(17)18;/h6-11,14-15,17,24,27,29H,4,12-13,16H2,1-3,5H3;5-6,11-13,16H,3-4,7-10H2,1-2H3,(H2,28,29);3-6,13-15,20H,7-12H2,1-2H3;4-11,13H,12H2,1-3H3;1H4/t24-,27+;;;;/m0..../s1. The van der Waals surface area contributed by atoms with Crippen LogP contribution in [0.2, 0.25) is 5.02 Å². The number of nitrogens with two attached hydrogens (primary N) is 1. The topological polar surface area (TPSA) is 224 Å². The maximum absolute atomic E-state index is 13.5. The number of fused-ring (bicyclic) bond motifs is 5. The van der Waals surface area contributed by atoms with Gasteiger partial charge in [0.25, 0.3) is 11.1 Å². The third-order valence-electron chi connectivity index (χ3n) is 22.7. The summed E-state index contributed by atoms with van der Waals surface area (Å²) >= 11 is 7.39. The summed E-state index contributed by atoms with van der Waals surface area (Å²) in [7, 11) is 2.32. The van der Waals surface area contributed by atoms with Crippen LogP contribution >= 0.6 is 22.9 Å². The molecule has 1 amide bonds. The number of aryl methyl sites for hydroxylation is 3. The number of hydrogen-bond acceptors (Lipinski definition) is 14. The van der Waals surface area contributed by atoms with Gasteiger partial charge in [0.1, 0.15) is 11.7 Å². The molecule has 4 atom stereocenters. The van der Waals surface area contributed by atoms with Gasteiger partial charge in [-0.05, 0) is 193 Å². The molecule has 11 aromatic rings. The van der Waals surface area contributed by atoms with E-state index in [-0.39, 0.29) is 71.8 Å². The number of pyridine rings is 3. The number of anilines is 3. The molecular formula is C93H108ClF3N12O8S3. The number of amidine groups is 1. The van der Waals surface area contributed by atoms with E-state index in [1.165, 1.54) is 45.7 Å². The smallest absolute Gasteiger partial charge is 0.383 e. The van der Waals surface area contributed by atoms with E-state index in [1.807, 2.05) is 112 Å². The second-order valence-corrected chi connectivity index (χ2v) is 38.5. The molecule has 3 fully saturated rings. The van der Waals surface area contributed by atoms with Gasteiger partial charge in [-0.3, -0.25) is 28.4 Å². The Labute approximate surface area is 710 Å². The molecule has 120 heavy (non-hydrogen) atoms. The predicted octanol–water partition coefficient (Wildman–Crippen LogP) is 17.4. The van der Waals surface area contributed by atoms with Gasteiger partial charge in [-0.1, -0.05) is 119 Å². The molecule has 27 heteroatoms. The number of nitrogens with one attached hydrogen (secondary N) is 1. The maximum Gasteiger partial charge on any atom is 0.416 e. The van der Waals surface area contributed by atoms with E-state index in [9.17, 15) is 45.0 Å². The Kier molecular flexibility index (Phi) is 27.5. The van der Waals surface area contributed by atoms with Gasteiger partial charge in [0.05, 0.1) is 69.8 Å². The van der Waals surface area contributed by atoms with Gasteiger partial charge >= 0.3 is 6.18 Å². The van der Waals surface area contributed by atoms with Crippen LogP contribution in [0.4, 0.5) is 30.2 Å². The van der Waals surface area contributed by atoms with Gasteiger partial charge in [-0.2, -0.15) is 13.2 Å². The molecule has 0 spiro atoms. The lowest BCUT2D eigenvalue weighted by molar-refractivity contribution is -0.138. The van der Waals surface area contributed by atoms with Crippen LogP contribution in [0.25, 0.3) is 54.2 Å². The first-order valence-electron chi connectivity index (χ1n) is 40.2. The van der Waals surface area contributed by atoms with E-state index in [0.717, 1.165) is 124 Å². The maximum atomic E-state index is 13.5. The zero-order valence-corrected chi connectivity index (χ0v) is 72.4. The Balaban J connectivity index is 0.000000148. The second kappa shape index (κ2) is 37.0. The number of nitrogens with zero attached hydrogens (tertiary/aromatic N) is 10. The molecule has 2 unspecified atom stereocenters. The van der Waals surface area contributed by atoms with Crippen molar-refractivity contribution >= 4 is 115 Å². The number of imidazole rings is 1. The minimum Gasteiger partial charge on any atom is -0.383 e. The van der Waals surface area contributed by atoms with Crippen molar-refractivity contribution in [1.82, 2.24) is 32.7 Å². The van der Waals surface area contributed by atoms with Crippen LogP contribution in [-0.2, 0) is 61.8 Å². The van der Waals surface area contributed by atoms with Crippen LogP contribution in [0.3, 0.4) is 0 Å². The van der Waals surface area contributed by atoms with Crippen LogP contribution in [0.5, 0.6) is 0 Å². The van der Waals surface area contributed by atoms with Crippen molar-refractivity contribution < 1.29 is 40.1 Å². The van der Waals surface area contributed by atoms with Crippen molar-refractivity contribution in [3.63, 3.8) is 0 Å². The first-order chi connectivity index (χ1) is 56.5. The average molecular weight is 1710 g/mol. The molecule has 0 aliphatic carbocycles. The number of carbonyl (C=O) groups is 2. The van der Waals surface area contributed by atoms with Crippen LogP contribution in [-0.4, -0.2) is 141 Å². The molecular weight excluding hydrogens is 1600 g/mol. The van der Waals surface area contributed by atoms with Crippen molar-refractivity contribution in [2.24, 2.45) is 29.6 Å². The Morgan fingerprint density at radius 3 is 2.20 bits per heavy atom. The minimum absolute atomic E-state index is 0. The number of ketones is 1. The van der Waals surface area contributed by atoms with Crippen LogP contribution < -0.4 is 36.3 Å². The first-order valence-corrected chi connectivity index (χ1v) is 45.1. The SMILES string of the molecule is C.C=C1C=C(C)c2ccc(N3C(=O)CC[C@H](NS(=O)(=O)CC(C)C)[C@H]3c3ccc(Cl)cc3)cc2N1C.C=S1(=O)CCC(N=C(N)c2cc3c(=O)n(CC)cc(-c4ccc(C)c(C(F)(F)F)c4)c3s2)CC1.CC(=O)c1cc(C2CC(C)Cc3nccn32)c2cc(N3CCOCC3)ccn12.CN(C)Cc1ccc(-c2cn(C)c(=O)c3ccccc23)cc1. The monoisotopic (exact) mass is 1710 g/mol. The Morgan fingerprint density at radius 1 is 0.842 bits per heavy atom. The molecule has 5 aromatic carbocycles. The highest BCUT2D eigenvalue weighted by atomic mass is 35.5. The number of benzene rings is 5. The number of carbonyl (C=O) groups excluding carboxylic acids is 2. The fraction of sp³-hybridized carbons (Fsp3) is 0.366. The summed E-state index contributed by atoms with van der Waals surface area (Å²) in [5.74, 6) is 6.81. The number of piperidine rings is 1. The van der Waals surface area contributed by atoms with Gasteiger partial charge in [0.2, 0.25) is 15.9 Å². The molecule has 3 saturated heterocycles. The largest absolute Gasteiger partial charge is 0.416 e. The summed E-state index contributed by atoms with van der Waals surface area (Å²) < 4.78 is 95.0. The van der Waals surface area contributed by atoms with E-state index in [0.29, 0.717) is 74.3 Å². The molecule has 0 radical (unpaired) electrons. The van der Waals surface area contributed by atoms with Crippen molar-refractivity contribution in [3.05, 3.63) is 258 Å². The number of hydrogen-bond donors (Lipinski definition) is 2. The molecule has 16 rings (SSSR count). The zero-order chi connectivity index (χ0) is 85.3. The van der Waals surface area contributed by atoms with Crippen LogP contribution in [0.1, 0.15) is 148 Å². The number of aromatic nitrogens is 5. The van der Waals surface area contributed by atoms with E-state index in [1.54, 1.807) is 60.8 Å². The molecule has 6 aromatic heterocycles. The highest BCUT2D eigenvalue weighted by Gasteiger charge is 2.41. The van der Waals surface area contributed by atoms with Gasteiger partial charge in [-0.15, -0.1) is 11.3 Å². The predicted molar refractivity (Wildman–Crippen MR) is 487 cm³/mol. The lowest BCUT2D eigenvalue weighted by Crippen LogP contribution is -2.53. The minimum atomic E-state index is -4.48. The number of Topliss-reactive ketones (excluding diaryl/α,β-unsaturated/α-hetero) is 1. The van der Waals surface area contributed by atoms with Gasteiger partial charge in [0.15, 0.2) is 5.78 Å². The number of likely N-dealkylation sites (N-methyl/N-ethyl adjacent to an activating group) is 1. The van der Waals surface area contributed by atoms with Gasteiger partial charge < -0.3 is 48.2 Å². The number of morpholine rings is 1. The highest BCUT2D eigenvalue weighted by molar-refractivity contribution is 8.00. The number of thiophene rings is 1. The molecule has 634 valence electrons. The first kappa shape index (κ1) is 89.1. The summed E-state index contributed by atoms with van der Waals surface area (Å²) in [6, 6.07) is 41.0. The third-order valence-corrected chi connectivity index (χ3v) is 27.9. The second-order valence-electron chi connectivity index (χ2n) is 32.4. The number of rotatable bonds is 16. The van der Waals surface area contributed by atoms with Crippen LogP contribution in [0.15, 0.2) is 197 Å². The number of alkyl halides is 3. The fourth-order valence-electron chi connectivity index (χ4n) is 16.6. The lowest BCUT2D eigenvalue weighted by Gasteiger charge is -2.42. The van der Waals surface area contributed by atoms with Crippen molar-refractivity contribution in [3.8, 4) is 22.3 Å². The lowest BCUT2D eigenvalue weighted by atomic mass is 9.89. The molecule has 5 aliphatic heterocycles. The summed E-state index contributed by atoms with van der Waals surface area (Å²) in [4.78, 5) is 69.0. The Hall–Kier alpha value is -10.2. The number of sulfonamides is 1. The molecule has 0 saturated carbocycles. The van der Waals surface area contributed by atoms with E-state index in [4.69, 9.17) is 22.1 Å². The summed E-state index contributed by atoms with van der Waals surface area (Å²) in [6.45, 7) is 21.7. The third kappa shape index (κ3) is 19.9. The Bertz CT molecular complexity index is 6080. The molecule has 20 nitrogen and oxygen atoms in total. The summed E-state index contributed by atoms with van der Waals surface area (Å²) in [5.41, 5.74) is 19.8. The number of aliphatic imine (C=N–C) groups is 1. The summed E-state index contributed by atoms with van der Waals surface area (Å²) in [6.07, 6.45) is 11.1. The van der Waals surface area contributed by atoms with E-state index < -0.39 is 43.4 Å². The van der Waals surface area contributed by atoms with Gasteiger partial charge in [0, 0.05) is 163 Å². The number of allylic oxidation sites excluding steroid dienone is 2. The Morgan fingerprint density at radius 2 is 1.53 bits per heavy atom. The molecule has 11 heterocycles. The summed E-state index contributed by atoms with van der Waals surface area (Å²) in [5, 5.41) is 2.75. The van der Waals surface area contributed by atoms with Crippen molar-refractivity contribution in [2.45, 2.75) is 138 Å². The number of halogens is 4. The molecule has 5 aliphatic rings. The van der Waals surface area contributed by atoms with Crippen molar-refractivity contribution in [1.29, 1.82) is 0 Å². The van der Waals surface area contributed by atoms with E-state index in [2.05, 4.69) is 116 Å². The van der Waals surface area contributed by atoms with E-state index >= 15 is 0 Å². The van der Waals surface area contributed by atoms with Crippen LogP contribution in [0, 0.1) is 18.8 Å². The van der Waals surface area contributed by atoms with Crippen molar-refractivity contribution in [2.75, 3.05) is 79.4 Å². The highest BCUT2D eigenvalue weighted by Crippen LogP contribution is 2.45. The average Bonchev–Trinajstić information content (AvgIpc) is 1.62. The fourth-order valence-corrected chi connectivity index (χ4v) is 21.1. The van der Waals surface area contributed by atoms with Gasteiger partial charge in [-0.25, -0.2) is 18.1 Å².